The van der Waals surface area contributed by atoms with Gasteiger partial charge >= 0.3 is 0 Å². The molecule has 0 bridgehead atoms. The molecule has 31 heavy (non-hydrogen) atoms. The molecule has 10 heteroatoms. The van der Waals surface area contributed by atoms with Gasteiger partial charge in [-0.15, -0.1) is 10.2 Å². The lowest BCUT2D eigenvalue weighted by atomic mass is 10.0. The lowest BCUT2D eigenvalue weighted by Crippen LogP contribution is -2.54. The van der Waals surface area contributed by atoms with Gasteiger partial charge in [-0.2, -0.15) is 4.98 Å². The fourth-order valence-corrected chi connectivity index (χ4v) is 3.28. The number of hydrogen-bond acceptors (Lipinski definition) is 7. The molecule has 1 saturated heterocycles. The highest BCUT2D eigenvalue weighted by atomic mass is 19.1. The van der Waals surface area contributed by atoms with E-state index in [1.165, 1.54) is 5.56 Å². The quantitative estimate of drug-likeness (QED) is 0.577. The van der Waals surface area contributed by atoms with Gasteiger partial charge in [0, 0.05) is 18.8 Å². The highest BCUT2D eigenvalue weighted by Gasteiger charge is 2.32. The van der Waals surface area contributed by atoms with Gasteiger partial charge in [-0.3, -0.25) is 9.59 Å². The van der Waals surface area contributed by atoms with Crippen molar-refractivity contribution in [3.05, 3.63) is 48.2 Å². The van der Waals surface area contributed by atoms with Crippen molar-refractivity contribution in [1.82, 2.24) is 20.5 Å². The largest absolute Gasteiger partial charge is 0.364 e. The number of nitrogens with one attached hydrogen (secondary N) is 2. The summed E-state index contributed by atoms with van der Waals surface area (Å²) in [6.07, 6.45) is 0.0792. The maximum Gasteiger partial charge on any atom is 0.273 e. The minimum atomic E-state index is -1.20. The number of halogens is 1. The first-order valence-electron chi connectivity index (χ1n) is 10.0. The summed E-state index contributed by atoms with van der Waals surface area (Å²) < 4.78 is 14.3. The average Bonchev–Trinajstić information content (AvgIpc) is 2.75. The second kappa shape index (κ2) is 9.50. The number of primary amides is 1. The second-order valence-electron chi connectivity index (χ2n) is 7.64. The predicted octanol–water partition coefficient (Wildman–Crippen LogP) is 2.06. The second-order valence-corrected chi connectivity index (χ2v) is 7.64. The number of benzene rings is 1. The fourth-order valence-electron chi connectivity index (χ4n) is 3.28. The molecule has 1 fully saturated rings. The van der Waals surface area contributed by atoms with Crippen LogP contribution in [0.1, 0.15) is 42.2 Å². The zero-order valence-corrected chi connectivity index (χ0v) is 17.5. The summed E-state index contributed by atoms with van der Waals surface area (Å²) in [6, 6.07) is 6.96. The normalized spacial score (nSPS) is 18.5. The summed E-state index contributed by atoms with van der Waals surface area (Å²) in [5.41, 5.74) is 7.20. The van der Waals surface area contributed by atoms with Crippen molar-refractivity contribution in [3.8, 4) is 0 Å². The number of rotatable bonds is 7. The number of nitrogens with zero attached hydrogens (tertiary/aromatic N) is 4. The van der Waals surface area contributed by atoms with Crippen LogP contribution < -0.4 is 21.3 Å². The van der Waals surface area contributed by atoms with E-state index >= 15 is 0 Å². The van der Waals surface area contributed by atoms with Gasteiger partial charge in [0.05, 0.1) is 6.04 Å². The Morgan fingerprint density at radius 3 is 2.61 bits per heavy atom. The smallest absolute Gasteiger partial charge is 0.273 e. The topological polar surface area (TPSA) is 126 Å². The first kappa shape index (κ1) is 22.1. The van der Waals surface area contributed by atoms with Gasteiger partial charge in [0.2, 0.25) is 11.9 Å². The molecule has 1 aromatic heterocycles. The van der Waals surface area contributed by atoms with E-state index in [1.807, 2.05) is 24.3 Å². The Morgan fingerprint density at radius 2 is 2.00 bits per heavy atom. The summed E-state index contributed by atoms with van der Waals surface area (Å²) in [7, 11) is 0. The van der Waals surface area contributed by atoms with E-state index in [0.717, 1.165) is 6.08 Å². The number of nitrogens with two attached hydrogens (primary N) is 1. The molecule has 2 aromatic rings. The molecule has 2 atom stereocenters. The Balaban J connectivity index is 1.84. The van der Waals surface area contributed by atoms with Crippen LogP contribution >= 0.6 is 0 Å². The minimum Gasteiger partial charge on any atom is -0.364 e. The summed E-state index contributed by atoms with van der Waals surface area (Å²) in [4.78, 5) is 29.5. The third-order valence-electron chi connectivity index (χ3n) is 5.07. The molecule has 0 saturated carbocycles. The molecule has 2 heterocycles. The van der Waals surface area contributed by atoms with E-state index in [0.29, 0.717) is 18.2 Å². The van der Waals surface area contributed by atoms with Crippen molar-refractivity contribution >= 4 is 29.3 Å². The molecule has 1 aliphatic rings. The zero-order chi connectivity index (χ0) is 22.5. The number of hydrogen-bond donors (Lipinski definition) is 3. The maximum atomic E-state index is 14.3. The van der Waals surface area contributed by atoms with Gasteiger partial charge in [0.15, 0.2) is 11.5 Å². The number of alkyl halides is 1. The van der Waals surface area contributed by atoms with Crippen LogP contribution in [-0.4, -0.2) is 52.3 Å². The third kappa shape index (κ3) is 5.33. The number of carbonyl (C=O) groups excluding carboxylic acids is 2. The molecular formula is C21H26FN7O2. The molecule has 3 rings (SSSR count). The van der Waals surface area contributed by atoms with E-state index in [9.17, 15) is 14.0 Å². The van der Waals surface area contributed by atoms with Crippen LogP contribution in [0.4, 0.5) is 21.8 Å². The van der Waals surface area contributed by atoms with E-state index in [-0.39, 0.29) is 30.4 Å². The van der Waals surface area contributed by atoms with Crippen LogP contribution in [0.25, 0.3) is 0 Å². The third-order valence-corrected chi connectivity index (χ3v) is 5.07. The summed E-state index contributed by atoms with van der Waals surface area (Å²) in [6.45, 7) is 8.07. The molecule has 1 aliphatic heterocycles. The van der Waals surface area contributed by atoms with Crippen LogP contribution in [0.2, 0.25) is 0 Å². The SMILES string of the molecule is C=CC(=O)N[C@H]1CN(c2nnc(C(N)=O)c(Nc3ccc(C(C)C)cc3)n2)CC[C@H]1F. The summed E-state index contributed by atoms with van der Waals surface area (Å²) in [5.74, 6) is -0.480. The molecular weight excluding hydrogens is 401 g/mol. The molecule has 2 amide bonds. The minimum absolute atomic E-state index is 0.103. The number of aromatic nitrogens is 3. The predicted molar refractivity (Wildman–Crippen MR) is 116 cm³/mol. The Hall–Kier alpha value is -3.56. The Bertz CT molecular complexity index is 965. The molecule has 1 aromatic carbocycles. The fraction of sp³-hybridized carbons (Fsp3) is 0.381. The lowest BCUT2D eigenvalue weighted by molar-refractivity contribution is -0.117. The first-order valence-corrected chi connectivity index (χ1v) is 10.0. The summed E-state index contributed by atoms with van der Waals surface area (Å²) >= 11 is 0. The van der Waals surface area contributed by atoms with Crippen molar-refractivity contribution < 1.29 is 14.0 Å². The first-order chi connectivity index (χ1) is 14.8. The van der Waals surface area contributed by atoms with Crippen molar-refractivity contribution in [1.29, 1.82) is 0 Å². The van der Waals surface area contributed by atoms with Crippen molar-refractivity contribution in [2.24, 2.45) is 5.73 Å². The highest BCUT2D eigenvalue weighted by molar-refractivity contribution is 5.96. The van der Waals surface area contributed by atoms with Gasteiger partial charge in [-0.25, -0.2) is 4.39 Å². The van der Waals surface area contributed by atoms with Gasteiger partial charge < -0.3 is 21.3 Å². The molecule has 164 valence electrons. The summed E-state index contributed by atoms with van der Waals surface area (Å²) in [5, 5.41) is 13.6. The van der Waals surface area contributed by atoms with Crippen molar-refractivity contribution in [2.75, 3.05) is 23.3 Å². The van der Waals surface area contributed by atoms with Crippen LogP contribution in [-0.2, 0) is 4.79 Å². The van der Waals surface area contributed by atoms with Gasteiger partial charge in [0.25, 0.3) is 5.91 Å². The molecule has 9 nitrogen and oxygen atoms in total. The number of anilines is 3. The monoisotopic (exact) mass is 427 g/mol. The average molecular weight is 427 g/mol. The number of carbonyl (C=O) groups is 2. The van der Waals surface area contributed by atoms with Crippen molar-refractivity contribution in [3.63, 3.8) is 0 Å². The molecule has 0 unspecified atom stereocenters. The van der Waals surface area contributed by atoms with Gasteiger partial charge in [-0.05, 0) is 36.1 Å². The van der Waals surface area contributed by atoms with E-state index in [4.69, 9.17) is 5.73 Å². The van der Waals surface area contributed by atoms with E-state index in [2.05, 4.69) is 46.2 Å². The number of piperidine rings is 1. The van der Waals surface area contributed by atoms with Crippen LogP contribution in [0.15, 0.2) is 36.9 Å². The Labute approximate surface area is 179 Å². The Kier molecular flexibility index (Phi) is 6.78. The van der Waals surface area contributed by atoms with E-state index in [1.54, 1.807) is 4.90 Å². The molecule has 4 N–H and O–H groups in total. The van der Waals surface area contributed by atoms with Gasteiger partial charge in [-0.1, -0.05) is 32.6 Å². The van der Waals surface area contributed by atoms with Crippen LogP contribution in [0.5, 0.6) is 0 Å². The number of amides is 2. The van der Waals surface area contributed by atoms with Crippen LogP contribution in [0.3, 0.4) is 0 Å². The lowest BCUT2D eigenvalue weighted by Gasteiger charge is -2.35. The molecule has 0 spiro atoms. The van der Waals surface area contributed by atoms with Gasteiger partial charge in [0.1, 0.15) is 6.17 Å². The standard InChI is InChI=1S/C21H26FN7O2/c1-4-17(30)25-16-11-29(10-9-15(16)22)21-26-20(18(19(23)31)27-28-21)24-14-7-5-13(6-8-14)12(2)3/h4-8,12,15-16H,1,9-11H2,2-3H3,(H2,23,31)(H,25,30)(H,24,26,28)/t15-,16+/m1/s1. The van der Waals surface area contributed by atoms with E-state index < -0.39 is 24.0 Å². The van der Waals surface area contributed by atoms with Crippen LogP contribution in [0, 0.1) is 0 Å². The Morgan fingerprint density at radius 1 is 1.29 bits per heavy atom. The molecule has 0 radical (unpaired) electrons. The van der Waals surface area contributed by atoms with Crippen molar-refractivity contribution in [2.45, 2.75) is 38.4 Å². The zero-order valence-electron chi connectivity index (χ0n) is 17.5. The highest BCUT2D eigenvalue weighted by Crippen LogP contribution is 2.24. The molecule has 0 aliphatic carbocycles. The maximum absolute atomic E-state index is 14.3.